The van der Waals surface area contributed by atoms with Gasteiger partial charge < -0.3 is 20.9 Å². The summed E-state index contributed by atoms with van der Waals surface area (Å²) in [4.78, 5) is 16.5. The first-order valence-corrected chi connectivity index (χ1v) is 7.77. The molecule has 1 saturated heterocycles. The molecule has 2 fully saturated rings. The zero-order valence-corrected chi connectivity index (χ0v) is 11.9. The van der Waals surface area contributed by atoms with Crippen LogP contribution in [0.2, 0.25) is 0 Å². The number of nitrogens with two attached hydrogens (primary N) is 1. The second-order valence-corrected chi connectivity index (χ2v) is 5.76. The van der Waals surface area contributed by atoms with E-state index in [0.29, 0.717) is 6.04 Å². The van der Waals surface area contributed by atoms with Gasteiger partial charge in [0.2, 0.25) is 0 Å². The SMILES string of the molecule is NCCCCCN1CCCN(C(=O)NC2CC2)CC1. The van der Waals surface area contributed by atoms with Crippen LogP contribution in [0.1, 0.15) is 38.5 Å². The van der Waals surface area contributed by atoms with Gasteiger partial charge in [-0.05, 0) is 51.7 Å². The summed E-state index contributed by atoms with van der Waals surface area (Å²) < 4.78 is 0. The minimum Gasteiger partial charge on any atom is -0.335 e. The van der Waals surface area contributed by atoms with Gasteiger partial charge in [-0.1, -0.05) is 6.42 Å². The molecule has 2 aliphatic rings. The van der Waals surface area contributed by atoms with Gasteiger partial charge in [-0.25, -0.2) is 4.79 Å². The number of carbonyl (C=O) groups is 1. The quantitative estimate of drug-likeness (QED) is 0.706. The van der Waals surface area contributed by atoms with Crippen LogP contribution >= 0.6 is 0 Å². The Kier molecular flexibility index (Phi) is 5.92. The highest BCUT2D eigenvalue weighted by Gasteiger charge is 2.26. The summed E-state index contributed by atoms with van der Waals surface area (Å²) in [5.41, 5.74) is 5.50. The van der Waals surface area contributed by atoms with E-state index in [1.807, 2.05) is 4.90 Å². The van der Waals surface area contributed by atoms with Crippen molar-refractivity contribution in [1.82, 2.24) is 15.1 Å². The molecule has 2 rings (SSSR count). The van der Waals surface area contributed by atoms with E-state index in [-0.39, 0.29) is 6.03 Å². The minimum atomic E-state index is 0.146. The van der Waals surface area contributed by atoms with Crippen LogP contribution in [0.15, 0.2) is 0 Å². The zero-order chi connectivity index (χ0) is 13.5. The number of unbranched alkanes of at least 4 members (excludes halogenated alkanes) is 2. The number of hydrogen-bond acceptors (Lipinski definition) is 3. The third-order valence-electron chi connectivity index (χ3n) is 3.96. The first kappa shape index (κ1) is 14.6. The van der Waals surface area contributed by atoms with E-state index in [2.05, 4.69) is 10.2 Å². The highest BCUT2D eigenvalue weighted by molar-refractivity contribution is 5.74. The van der Waals surface area contributed by atoms with Gasteiger partial charge in [-0.15, -0.1) is 0 Å². The lowest BCUT2D eigenvalue weighted by Gasteiger charge is -2.22. The van der Waals surface area contributed by atoms with Crippen molar-refractivity contribution in [3.05, 3.63) is 0 Å². The first-order valence-electron chi connectivity index (χ1n) is 7.77. The Bertz CT molecular complexity index is 281. The van der Waals surface area contributed by atoms with Crippen LogP contribution in [0.25, 0.3) is 0 Å². The van der Waals surface area contributed by atoms with Crippen molar-refractivity contribution in [1.29, 1.82) is 0 Å². The summed E-state index contributed by atoms with van der Waals surface area (Å²) >= 11 is 0. The molecule has 0 aromatic carbocycles. The Labute approximate surface area is 116 Å². The van der Waals surface area contributed by atoms with Gasteiger partial charge >= 0.3 is 6.03 Å². The average molecular weight is 268 g/mol. The van der Waals surface area contributed by atoms with E-state index >= 15 is 0 Å². The lowest BCUT2D eigenvalue weighted by Crippen LogP contribution is -2.42. The van der Waals surface area contributed by atoms with Gasteiger partial charge in [0.25, 0.3) is 0 Å². The van der Waals surface area contributed by atoms with E-state index < -0.39 is 0 Å². The fourth-order valence-corrected chi connectivity index (χ4v) is 2.55. The van der Waals surface area contributed by atoms with E-state index in [1.165, 1.54) is 12.8 Å². The first-order chi connectivity index (χ1) is 9.29. The number of hydrogen-bond donors (Lipinski definition) is 2. The highest BCUT2D eigenvalue weighted by Crippen LogP contribution is 2.19. The Morgan fingerprint density at radius 3 is 2.68 bits per heavy atom. The standard InChI is InChI=1S/C14H28N4O/c15-7-2-1-3-8-17-9-4-10-18(12-11-17)14(19)16-13-5-6-13/h13H,1-12,15H2,(H,16,19). The van der Waals surface area contributed by atoms with Crippen LogP contribution in [-0.2, 0) is 0 Å². The van der Waals surface area contributed by atoms with Gasteiger partial charge in [0, 0.05) is 25.7 Å². The van der Waals surface area contributed by atoms with Crippen molar-refractivity contribution in [2.75, 3.05) is 39.3 Å². The van der Waals surface area contributed by atoms with E-state index in [9.17, 15) is 4.79 Å². The van der Waals surface area contributed by atoms with Crippen LogP contribution < -0.4 is 11.1 Å². The Balaban J connectivity index is 1.64. The molecule has 0 bridgehead atoms. The molecule has 2 amide bonds. The predicted octanol–water partition coefficient (Wildman–Crippen LogP) is 0.995. The normalized spacial score (nSPS) is 21.2. The maximum Gasteiger partial charge on any atom is 0.317 e. The molecule has 5 heteroatoms. The summed E-state index contributed by atoms with van der Waals surface area (Å²) in [6.07, 6.45) is 6.99. The van der Waals surface area contributed by atoms with Gasteiger partial charge in [0.15, 0.2) is 0 Å². The van der Waals surface area contributed by atoms with Crippen molar-refractivity contribution < 1.29 is 4.79 Å². The highest BCUT2D eigenvalue weighted by atomic mass is 16.2. The Hall–Kier alpha value is -0.810. The molecular weight excluding hydrogens is 240 g/mol. The molecule has 110 valence electrons. The molecule has 0 unspecified atom stereocenters. The molecular formula is C14H28N4O. The smallest absolute Gasteiger partial charge is 0.317 e. The van der Waals surface area contributed by atoms with E-state index in [4.69, 9.17) is 5.73 Å². The van der Waals surface area contributed by atoms with Crippen molar-refractivity contribution in [2.45, 2.75) is 44.6 Å². The molecule has 0 spiro atoms. The maximum absolute atomic E-state index is 12.0. The predicted molar refractivity (Wildman–Crippen MR) is 77.1 cm³/mol. The van der Waals surface area contributed by atoms with Gasteiger partial charge in [-0.2, -0.15) is 0 Å². The van der Waals surface area contributed by atoms with Crippen molar-refractivity contribution >= 4 is 6.03 Å². The lowest BCUT2D eigenvalue weighted by molar-refractivity contribution is 0.197. The monoisotopic (exact) mass is 268 g/mol. The molecule has 1 aliphatic heterocycles. The van der Waals surface area contributed by atoms with E-state index in [0.717, 1.165) is 65.0 Å². The summed E-state index contributed by atoms with van der Waals surface area (Å²) in [6, 6.07) is 0.607. The molecule has 3 N–H and O–H groups in total. The molecule has 1 aliphatic carbocycles. The van der Waals surface area contributed by atoms with Crippen LogP contribution in [0.3, 0.4) is 0 Å². The Morgan fingerprint density at radius 2 is 1.95 bits per heavy atom. The summed E-state index contributed by atoms with van der Waals surface area (Å²) in [7, 11) is 0. The molecule has 0 aromatic heterocycles. The number of amides is 2. The zero-order valence-electron chi connectivity index (χ0n) is 11.9. The maximum atomic E-state index is 12.0. The fraction of sp³-hybridized carbons (Fsp3) is 0.929. The fourth-order valence-electron chi connectivity index (χ4n) is 2.55. The summed E-state index contributed by atoms with van der Waals surface area (Å²) in [6.45, 7) is 5.86. The van der Waals surface area contributed by atoms with E-state index in [1.54, 1.807) is 0 Å². The van der Waals surface area contributed by atoms with Crippen LogP contribution in [0.4, 0.5) is 4.79 Å². The summed E-state index contributed by atoms with van der Waals surface area (Å²) in [5, 5.41) is 3.08. The Morgan fingerprint density at radius 1 is 1.11 bits per heavy atom. The lowest BCUT2D eigenvalue weighted by atomic mass is 10.2. The topological polar surface area (TPSA) is 61.6 Å². The second kappa shape index (κ2) is 7.70. The third kappa shape index (κ3) is 5.37. The summed E-state index contributed by atoms with van der Waals surface area (Å²) in [5.74, 6) is 0. The van der Waals surface area contributed by atoms with Crippen molar-refractivity contribution in [2.24, 2.45) is 5.73 Å². The van der Waals surface area contributed by atoms with Gasteiger partial charge in [-0.3, -0.25) is 0 Å². The van der Waals surface area contributed by atoms with Crippen molar-refractivity contribution in [3.63, 3.8) is 0 Å². The molecule has 0 atom stereocenters. The van der Waals surface area contributed by atoms with Gasteiger partial charge in [0.1, 0.15) is 0 Å². The number of rotatable bonds is 6. The largest absolute Gasteiger partial charge is 0.335 e. The second-order valence-electron chi connectivity index (χ2n) is 5.76. The number of urea groups is 1. The number of carbonyl (C=O) groups excluding carboxylic acids is 1. The minimum absolute atomic E-state index is 0.146. The third-order valence-corrected chi connectivity index (χ3v) is 3.96. The van der Waals surface area contributed by atoms with Crippen LogP contribution in [0, 0.1) is 0 Å². The number of nitrogens with one attached hydrogen (secondary N) is 1. The van der Waals surface area contributed by atoms with Gasteiger partial charge in [0.05, 0.1) is 0 Å². The van der Waals surface area contributed by atoms with Crippen LogP contribution in [-0.4, -0.2) is 61.1 Å². The molecule has 19 heavy (non-hydrogen) atoms. The number of nitrogens with zero attached hydrogens (tertiary/aromatic N) is 2. The molecule has 1 heterocycles. The average Bonchev–Trinajstić information content (AvgIpc) is 3.21. The molecule has 1 saturated carbocycles. The molecule has 0 radical (unpaired) electrons. The molecule has 5 nitrogen and oxygen atoms in total. The van der Waals surface area contributed by atoms with Crippen molar-refractivity contribution in [3.8, 4) is 0 Å². The molecule has 0 aromatic rings. The van der Waals surface area contributed by atoms with Crippen LogP contribution in [0.5, 0.6) is 0 Å².